The van der Waals surface area contributed by atoms with E-state index in [1.54, 1.807) is 0 Å². The molecule has 0 unspecified atom stereocenters. The first-order valence-corrected chi connectivity index (χ1v) is 10.6. The van der Waals surface area contributed by atoms with Crippen LogP contribution in [0.25, 0.3) is 0 Å². The fourth-order valence-electron chi connectivity index (χ4n) is 4.09. The molecule has 1 aliphatic heterocycles. The molecule has 2 aromatic rings. The van der Waals surface area contributed by atoms with E-state index in [9.17, 15) is 4.79 Å². The summed E-state index contributed by atoms with van der Waals surface area (Å²) in [5.74, 6) is 0.164. The molecule has 28 heavy (non-hydrogen) atoms. The van der Waals surface area contributed by atoms with Crippen LogP contribution in [-0.2, 0) is 4.79 Å². The summed E-state index contributed by atoms with van der Waals surface area (Å²) in [6, 6.07) is 17.0. The molecular weight excluding hydrogens is 346 g/mol. The van der Waals surface area contributed by atoms with Gasteiger partial charge < -0.3 is 15.1 Å². The molecule has 1 fully saturated rings. The molecule has 4 nitrogen and oxygen atoms in total. The third-order valence-corrected chi connectivity index (χ3v) is 5.91. The van der Waals surface area contributed by atoms with E-state index in [-0.39, 0.29) is 11.9 Å². The molecule has 4 heteroatoms. The number of quaternary nitrogens is 1. The van der Waals surface area contributed by atoms with Gasteiger partial charge in [0.15, 0.2) is 6.54 Å². The van der Waals surface area contributed by atoms with E-state index < -0.39 is 0 Å². The predicted molar refractivity (Wildman–Crippen MR) is 116 cm³/mol. The van der Waals surface area contributed by atoms with Crippen molar-refractivity contribution in [2.24, 2.45) is 0 Å². The average molecular weight is 381 g/mol. The van der Waals surface area contributed by atoms with Crippen LogP contribution in [0.1, 0.15) is 42.5 Å². The van der Waals surface area contributed by atoms with Crippen molar-refractivity contribution in [2.45, 2.75) is 39.7 Å². The van der Waals surface area contributed by atoms with Crippen LogP contribution in [0.15, 0.2) is 48.5 Å². The second-order valence-corrected chi connectivity index (χ2v) is 7.95. The fraction of sp³-hybridized carbons (Fsp3) is 0.458. The van der Waals surface area contributed by atoms with Crippen molar-refractivity contribution in [3.05, 3.63) is 65.2 Å². The van der Waals surface area contributed by atoms with Crippen LogP contribution in [0.4, 0.5) is 5.69 Å². The molecule has 0 saturated carbocycles. The van der Waals surface area contributed by atoms with Gasteiger partial charge in [0.05, 0.1) is 32.2 Å². The lowest BCUT2D eigenvalue weighted by molar-refractivity contribution is -0.892. The highest BCUT2D eigenvalue weighted by Gasteiger charge is 2.24. The number of benzene rings is 2. The molecule has 1 heterocycles. The summed E-state index contributed by atoms with van der Waals surface area (Å²) < 4.78 is 0. The first-order chi connectivity index (χ1) is 13.6. The van der Waals surface area contributed by atoms with Crippen LogP contribution >= 0.6 is 0 Å². The number of carbonyl (C=O) groups is 1. The monoisotopic (exact) mass is 380 g/mol. The first-order valence-electron chi connectivity index (χ1n) is 10.6. The van der Waals surface area contributed by atoms with Crippen molar-refractivity contribution in [1.29, 1.82) is 0 Å². The summed E-state index contributed by atoms with van der Waals surface area (Å²) in [7, 11) is 0. The molecule has 2 aromatic carbocycles. The van der Waals surface area contributed by atoms with Gasteiger partial charge in [0.2, 0.25) is 0 Å². The quantitative estimate of drug-likeness (QED) is 0.775. The highest BCUT2D eigenvalue weighted by Crippen LogP contribution is 2.22. The van der Waals surface area contributed by atoms with Crippen molar-refractivity contribution in [3.8, 4) is 0 Å². The van der Waals surface area contributed by atoms with Gasteiger partial charge in [-0.1, -0.05) is 55.8 Å². The fourth-order valence-corrected chi connectivity index (χ4v) is 4.09. The summed E-state index contributed by atoms with van der Waals surface area (Å²) in [6.45, 7) is 11.1. The first kappa shape index (κ1) is 20.4. The maximum absolute atomic E-state index is 12.7. The number of rotatable bonds is 7. The number of hydrogen-bond acceptors (Lipinski definition) is 2. The number of hydrogen-bond donors (Lipinski definition) is 2. The van der Waals surface area contributed by atoms with Gasteiger partial charge in [0.25, 0.3) is 5.91 Å². The third-order valence-electron chi connectivity index (χ3n) is 5.91. The van der Waals surface area contributed by atoms with Gasteiger partial charge in [-0.2, -0.15) is 0 Å². The second-order valence-electron chi connectivity index (χ2n) is 7.95. The van der Waals surface area contributed by atoms with Gasteiger partial charge in [-0.25, -0.2) is 0 Å². The third kappa shape index (κ3) is 5.14. The molecule has 0 aliphatic carbocycles. The van der Waals surface area contributed by atoms with Crippen LogP contribution in [0, 0.1) is 13.8 Å². The number of nitrogens with zero attached hydrogens (tertiary/aromatic N) is 1. The van der Waals surface area contributed by atoms with E-state index in [0.29, 0.717) is 6.54 Å². The Hall–Kier alpha value is -2.33. The molecule has 0 radical (unpaired) electrons. The van der Waals surface area contributed by atoms with Crippen LogP contribution in [0.2, 0.25) is 0 Å². The normalized spacial score (nSPS) is 16.0. The van der Waals surface area contributed by atoms with E-state index in [1.807, 2.05) is 18.2 Å². The zero-order chi connectivity index (χ0) is 19.9. The number of anilines is 1. The molecule has 1 amide bonds. The predicted octanol–water partition coefficient (Wildman–Crippen LogP) is 2.67. The minimum Gasteiger partial charge on any atom is -0.360 e. The lowest BCUT2D eigenvalue weighted by atomic mass is 10.0. The van der Waals surface area contributed by atoms with Crippen LogP contribution < -0.4 is 15.1 Å². The van der Waals surface area contributed by atoms with Gasteiger partial charge in [-0.3, -0.25) is 4.79 Å². The minimum absolute atomic E-state index is 0.120. The maximum atomic E-state index is 12.7. The van der Waals surface area contributed by atoms with E-state index in [0.717, 1.165) is 39.0 Å². The number of aryl methyl sites for hydroxylation is 1. The van der Waals surface area contributed by atoms with Crippen LogP contribution in [-0.4, -0.2) is 38.6 Å². The molecule has 0 bridgehead atoms. The summed E-state index contributed by atoms with van der Waals surface area (Å²) in [5, 5.41) is 3.27. The van der Waals surface area contributed by atoms with Crippen LogP contribution in [0.3, 0.4) is 0 Å². The SMILES string of the molecule is CCC[C@H](NC(=O)C[NH+]1CCN(c2cccc(C)c2C)CC1)c1ccccc1. The topological polar surface area (TPSA) is 36.8 Å². The Morgan fingerprint density at radius 3 is 2.46 bits per heavy atom. The Kier molecular flexibility index (Phi) is 7.10. The number of carbonyl (C=O) groups excluding carboxylic acids is 1. The Bertz CT molecular complexity index is 767. The van der Waals surface area contributed by atoms with E-state index in [1.165, 1.54) is 27.3 Å². The van der Waals surface area contributed by atoms with Gasteiger partial charge in [0.1, 0.15) is 0 Å². The summed E-state index contributed by atoms with van der Waals surface area (Å²) in [4.78, 5) is 16.5. The summed E-state index contributed by atoms with van der Waals surface area (Å²) >= 11 is 0. The number of amides is 1. The van der Waals surface area contributed by atoms with Crippen LogP contribution in [0.5, 0.6) is 0 Å². The zero-order valence-corrected chi connectivity index (χ0v) is 17.5. The number of nitrogens with one attached hydrogen (secondary N) is 2. The Morgan fingerprint density at radius 2 is 1.79 bits per heavy atom. The zero-order valence-electron chi connectivity index (χ0n) is 17.5. The molecule has 1 saturated heterocycles. The van der Waals surface area contributed by atoms with Gasteiger partial charge in [-0.05, 0) is 43.0 Å². The Labute approximate surface area is 169 Å². The van der Waals surface area contributed by atoms with Crippen molar-refractivity contribution < 1.29 is 9.69 Å². The van der Waals surface area contributed by atoms with Gasteiger partial charge >= 0.3 is 0 Å². The van der Waals surface area contributed by atoms with Crippen molar-refractivity contribution in [3.63, 3.8) is 0 Å². The maximum Gasteiger partial charge on any atom is 0.275 e. The smallest absolute Gasteiger partial charge is 0.275 e. The average Bonchev–Trinajstić information content (AvgIpc) is 2.71. The molecule has 2 N–H and O–H groups in total. The molecule has 0 spiro atoms. The van der Waals surface area contributed by atoms with E-state index in [4.69, 9.17) is 0 Å². The molecule has 150 valence electrons. The minimum atomic E-state index is 0.120. The standard InChI is InChI=1S/C24H33N3O/c1-4-9-22(21-11-6-5-7-12-21)25-24(28)18-26-14-16-27(17-15-26)23-13-8-10-19(2)20(23)3/h5-8,10-13,22H,4,9,14-18H2,1-3H3,(H,25,28)/p+1/t22-/m0/s1. The van der Waals surface area contributed by atoms with Gasteiger partial charge in [-0.15, -0.1) is 0 Å². The lowest BCUT2D eigenvalue weighted by Crippen LogP contribution is -3.16. The van der Waals surface area contributed by atoms with E-state index in [2.05, 4.69) is 61.3 Å². The van der Waals surface area contributed by atoms with Crippen molar-refractivity contribution in [2.75, 3.05) is 37.6 Å². The Morgan fingerprint density at radius 1 is 1.07 bits per heavy atom. The Balaban J connectivity index is 1.52. The number of piperazine rings is 1. The molecule has 1 aliphatic rings. The van der Waals surface area contributed by atoms with E-state index >= 15 is 0 Å². The molecule has 1 atom stereocenters. The highest BCUT2D eigenvalue weighted by atomic mass is 16.2. The summed E-state index contributed by atoms with van der Waals surface area (Å²) in [5.41, 5.74) is 5.26. The van der Waals surface area contributed by atoms with Crippen molar-refractivity contribution >= 4 is 11.6 Å². The lowest BCUT2D eigenvalue weighted by Gasteiger charge is -2.34. The molecular formula is C24H34N3O+. The molecule has 3 rings (SSSR count). The summed E-state index contributed by atoms with van der Waals surface area (Å²) in [6.07, 6.45) is 2.03. The second kappa shape index (κ2) is 9.74. The molecule has 0 aromatic heterocycles. The van der Waals surface area contributed by atoms with Crippen molar-refractivity contribution in [1.82, 2.24) is 5.32 Å². The highest BCUT2D eigenvalue weighted by molar-refractivity contribution is 5.77. The largest absolute Gasteiger partial charge is 0.360 e. The van der Waals surface area contributed by atoms with Gasteiger partial charge in [0, 0.05) is 5.69 Å².